The third-order valence-electron chi connectivity index (χ3n) is 4.06. The standard InChI is InChI=1S/C17H21ClN2O4/c1-19-15(22)9-11-10-20(8-7-14(11)21)16(17(23)24-2)12-5-3-4-6-13(12)18/h3-6,9,14,16,21H,7-8,10H2,1-2H3,(H,19,22). The van der Waals surface area contributed by atoms with Gasteiger partial charge in [-0.05, 0) is 23.6 Å². The fourth-order valence-corrected chi connectivity index (χ4v) is 3.02. The van der Waals surface area contributed by atoms with Crippen molar-refractivity contribution < 1.29 is 19.4 Å². The molecular weight excluding hydrogens is 332 g/mol. The van der Waals surface area contributed by atoms with Crippen LogP contribution in [0, 0.1) is 0 Å². The fourth-order valence-electron chi connectivity index (χ4n) is 2.78. The molecular formula is C17H21ClN2O4. The number of likely N-dealkylation sites (tertiary alicyclic amines) is 1. The summed E-state index contributed by atoms with van der Waals surface area (Å²) in [6.45, 7) is 0.761. The number of amides is 1. The summed E-state index contributed by atoms with van der Waals surface area (Å²) in [5.41, 5.74) is 1.20. The summed E-state index contributed by atoms with van der Waals surface area (Å²) < 4.78 is 4.94. The van der Waals surface area contributed by atoms with Gasteiger partial charge in [0.05, 0.1) is 13.2 Å². The van der Waals surface area contributed by atoms with Crippen molar-refractivity contribution in [1.82, 2.24) is 10.2 Å². The number of hydrogen-bond donors (Lipinski definition) is 2. The topological polar surface area (TPSA) is 78.9 Å². The molecule has 130 valence electrons. The number of methoxy groups -OCH3 is 1. The Morgan fingerprint density at radius 1 is 1.46 bits per heavy atom. The summed E-state index contributed by atoms with van der Waals surface area (Å²) in [6.07, 6.45) is 1.08. The van der Waals surface area contributed by atoms with E-state index in [-0.39, 0.29) is 12.5 Å². The highest BCUT2D eigenvalue weighted by atomic mass is 35.5. The first-order chi connectivity index (χ1) is 11.5. The van der Waals surface area contributed by atoms with E-state index in [9.17, 15) is 14.7 Å². The molecule has 2 rings (SSSR count). The van der Waals surface area contributed by atoms with Gasteiger partial charge in [0.1, 0.15) is 6.04 Å². The average molecular weight is 353 g/mol. The summed E-state index contributed by atoms with van der Waals surface area (Å²) in [6, 6.07) is 6.39. The third kappa shape index (κ3) is 4.14. The number of nitrogens with zero attached hydrogens (tertiary/aromatic N) is 1. The SMILES string of the molecule is CNC(=O)C=C1CN(C(C(=O)OC)c2ccccc2Cl)CCC1O. The van der Waals surface area contributed by atoms with Crippen LogP contribution in [-0.4, -0.2) is 55.2 Å². The summed E-state index contributed by atoms with van der Waals surface area (Å²) in [7, 11) is 2.85. The van der Waals surface area contributed by atoms with Gasteiger partial charge in [0.25, 0.3) is 0 Å². The second-order valence-electron chi connectivity index (χ2n) is 5.56. The number of carbonyl (C=O) groups is 2. The average Bonchev–Trinajstić information content (AvgIpc) is 2.59. The smallest absolute Gasteiger partial charge is 0.327 e. The van der Waals surface area contributed by atoms with E-state index in [4.69, 9.17) is 16.3 Å². The van der Waals surface area contributed by atoms with Gasteiger partial charge in [-0.15, -0.1) is 0 Å². The molecule has 0 saturated carbocycles. The molecule has 1 aliphatic rings. The van der Waals surface area contributed by atoms with E-state index in [0.717, 1.165) is 0 Å². The molecule has 0 bridgehead atoms. The molecule has 0 aliphatic carbocycles. The van der Waals surface area contributed by atoms with Gasteiger partial charge >= 0.3 is 5.97 Å². The van der Waals surface area contributed by atoms with Gasteiger partial charge in [-0.1, -0.05) is 29.8 Å². The van der Waals surface area contributed by atoms with E-state index in [1.165, 1.54) is 20.2 Å². The molecule has 24 heavy (non-hydrogen) atoms. The molecule has 0 spiro atoms. The number of likely N-dealkylation sites (N-methyl/N-ethyl adjacent to an activating group) is 1. The first kappa shape index (κ1) is 18.4. The Bertz CT molecular complexity index is 647. The van der Waals surface area contributed by atoms with Crippen LogP contribution in [0.1, 0.15) is 18.0 Å². The zero-order valence-electron chi connectivity index (χ0n) is 13.7. The molecule has 7 heteroatoms. The van der Waals surface area contributed by atoms with E-state index in [1.54, 1.807) is 24.3 Å². The second kappa shape index (κ2) is 8.28. The number of carbonyl (C=O) groups excluding carboxylic acids is 2. The van der Waals surface area contributed by atoms with Crippen molar-refractivity contribution in [3.63, 3.8) is 0 Å². The molecule has 1 amide bonds. The first-order valence-electron chi connectivity index (χ1n) is 7.64. The Morgan fingerprint density at radius 2 is 2.17 bits per heavy atom. The van der Waals surface area contributed by atoms with E-state index in [2.05, 4.69) is 5.32 Å². The van der Waals surface area contributed by atoms with Crippen LogP contribution in [0.5, 0.6) is 0 Å². The number of nitrogens with one attached hydrogen (secondary N) is 1. The van der Waals surface area contributed by atoms with Crippen molar-refractivity contribution in [2.24, 2.45) is 0 Å². The van der Waals surface area contributed by atoms with Gasteiger partial charge < -0.3 is 15.2 Å². The van der Waals surface area contributed by atoms with Gasteiger partial charge in [-0.2, -0.15) is 0 Å². The van der Waals surface area contributed by atoms with Crippen LogP contribution in [0.3, 0.4) is 0 Å². The predicted octanol–water partition coefficient (Wildman–Crippen LogP) is 1.29. The maximum Gasteiger partial charge on any atom is 0.327 e. The van der Waals surface area contributed by atoms with Crippen molar-refractivity contribution >= 4 is 23.5 Å². The number of aliphatic hydroxyl groups is 1. The highest BCUT2D eigenvalue weighted by Gasteiger charge is 2.34. The number of piperidine rings is 1. The van der Waals surface area contributed by atoms with Gasteiger partial charge in [-0.25, -0.2) is 4.79 Å². The van der Waals surface area contributed by atoms with Crippen LogP contribution < -0.4 is 5.32 Å². The van der Waals surface area contributed by atoms with Crippen LogP contribution in [0.2, 0.25) is 5.02 Å². The van der Waals surface area contributed by atoms with Crippen LogP contribution in [0.25, 0.3) is 0 Å². The second-order valence-corrected chi connectivity index (χ2v) is 5.96. The molecule has 1 saturated heterocycles. The molecule has 1 aromatic rings. The number of esters is 1. The van der Waals surface area contributed by atoms with Gasteiger partial charge in [0.2, 0.25) is 5.91 Å². The van der Waals surface area contributed by atoms with Crippen LogP contribution >= 0.6 is 11.6 Å². The molecule has 2 atom stereocenters. The monoisotopic (exact) mass is 352 g/mol. The van der Waals surface area contributed by atoms with Crippen LogP contribution in [-0.2, 0) is 14.3 Å². The minimum absolute atomic E-state index is 0.277. The normalized spacial score (nSPS) is 21.3. The Kier molecular flexibility index (Phi) is 6.36. The zero-order valence-corrected chi connectivity index (χ0v) is 14.4. The Morgan fingerprint density at radius 3 is 2.79 bits per heavy atom. The van der Waals surface area contributed by atoms with E-state index in [1.807, 2.05) is 4.90 Å². The zero-order chi connectivity index (χ0) is 17.7. The first-order valence-corrected chi connectivity index (χ1v) is 8.02. The number of rotatable bonds is 4. The molecule has 1 aliphatic heterocycles. The molecule has 6 nitrogen and oxygen atoms in total. The summed E-state index contributed by atoms with van der Waals surface area (Å²) in [5.74, 6) is -0.725. The van der Waals surface area contributed by atoms with E-state index < -0.39 is 18.1 Å². The fraction of sp³-hybridized carbons (Fsp3) is 0.412. The molecule has 1 aromatic carbocycles. The number of ether oxygens (including phenoxy) is 1. The molecule has 0 radical (unpaired) electrons. The van der Waals surface area contributed by atoms with E-state index >= 15 is 0 Å². The third-order valence-corrected chi connectivity index (χ3v) is 4.40. The van der Waals surface area contributed by atoms with Crippen molar-refractivity contribution in [3.8, 4) is 0 Å². The van der Waals surface area contributed by atoms with Crippen LogP contribution in [0.4, 0.5) is 0 Å². The van der Waals surface area contributed by atoms with Crippen molar-refractivity contribution in [3.05, 3.63) is 46.5 Å². The molecule has 1 fully saturated rings. The number of benzene rings is 1. The summed E-state index contributed by atoms with van der Waals surface area (Å²) in [4.78, 5) is 25.8. The van der Waals surface area contributed by atoms with Crippen LogP contribution in [0.15, 0.2) is 35.9 Å². The largest absolute Gasteiger partial charge is 0.468 e. The Labute approximate surface area is 146 Å². The number of aliphatic hydroxyl groups excluding tert-OH is 1. The van der Waals surface area contributed by atoms with Crippen molar-refractivity contribution in [2.45, 2.75) is 18.6 Å². The van der Waals surface area contributed by atoms with E-state index in [0.29, 0.717) is 29.1 Å². The molecule has 1 heterocycles. The lowest BCUT2D eigenvalue weighted by atomic mass is 9.96. The highest BCUT2D eigenvalue weighted by molar-refractivity contribution is 6.31. The Balaban J connectivity index is 2.34. The van der Waals surface area contributed by atoms with Gasteiger partial charge in [0.15, 0.2) is 0 Å². The lowest BCUT2D eigenvalue weighted by molar-refractivity contribution is -0.147. The summed E-state index contributed by atoms with van der Waals surface area (Å²) in [5, 5.41) is 13.1. The minimum Gasteiger partial charge on any atom is -0.468 e. The molecule has 2 unspecified atom stereocenters. The predicted molar refractivity (Wildman–Crippen MR) is 90.6 cm³/mol. The minimum atomic E-state index is -0.705. The molecule has 2 N–H and O–H groups in total. The van der Waals surface area contributed by atoms with Gasteiger partial charge in [0, 0.05) is 31.2 Å². The number of halogens is 1. The van der Waals surface area contributed by atoms with Crippen molar-refractivity contribution in [1.29, 1.82) is 0 Å². The quantitative estimate of drug-likeness (QED) is 0.630. The lowest BCUT2D eigenvalue weighted by Crippen LogP contribution is -2.43. The number of hydrogen-bond acceptors (Lipinski definition) is 5. The lowest BCUT2D eigenvalue weighted by Gasteiger charge is -2.36. The molecule has 0 aromatic heterocycles. The maximum atomic E-state index is 12.3. The highest BCUT2D eigenvalue weighted by Crippen LogP contribution is 2.32. The summed E-state index contributed by atoms with van der Waals surface area (Å²) >= 11 is 6.25. The van der Waals surface area contributed by atoms with Gasteiger partial charge in [-0.3, -0.25) is 9.69 Å². The maximum absolute atomic E-state index is 12.3. The van der Waals surface area contributed by atoms with Crippen molar-refractivity contribution in [2.75, 3.05) is 27.2 Å². The Hall–Kier alpha value is -1.89.